The first-order valence-corrected chi connectivity index (χ1v) is 33.9. The van der Waals surface area contributed by atoms with Gasteiger partial charge in [0.1, 0.15) is 22.3 Å². The van der Waals surface area contributed by atoms with Gasteiger partial charge in [-0.05, 0) is 191 Å². The predicted molar refractivity (Wildman–Crippen MR) is 405 cm³/mol. The number of anilines is 6. The first kappa shape index (κ1) is 56.8. The highest BCUT2D eigenvalue weighted by Crippen LogP contribution is 2.57. The summed E-state index contributed by atoms with van der Waals surface area (Å²) in [5.41, 5.74) is 34.6. The Balaban J connectivity index is 0.617. The fourth-order valence-corrected chi connectivity index (χ4v) is 16.9. The Bertz CT molecular complexity index is 5870. The number of rotatable bonds is 10. The largest absolute Gasteiger partial charge is 0.456 e. The number of benzene rings is 14. The minimum atomic E-state index is -0.195. The van der Waals surface area contributed by atoms with E-state index in [0.29, 0.717) is 0 Å². The second kappa shape index (κ2) is 21.1. The van der Waals surface area contributed by atoms with Crippen LogP contribution in [0.25, 0.3) is 122 Å². The molecule has 3 aliphatic rings. The molecule has 0 N–H and O–H groups in total. The molecule has 16 aromatic rings. The molecule has 2 heterocycles. The molecule has 3 aliphatic carbocycles. The fraction of sp³-hybridized carbons (Fsp3) is 0.0968. The Morgan fingerprint density at radius 2 is 0.649 bits per heavy atom. The van der Waals surface area contributed by atoms with Gasteiger partial charge in [-0.3, -0.25) is 0 Å². The van der Waals surface area contributed by atoms with Crippen LogP contribution in [0.1, 0.15) is 74.9 Å². The van der Waals surface area contributed by atoms with Gasteiger partial charge < -0.3 is 18.6 Å². The van der Waals surface area contributed by atoms with Gasteiger partial charge in [-0.2, -0.15) is 0 Å². The maximum absolute atomic E-state index is 6.88. The highest BCUT2D eigenvalue weighted by molar-refractivity contribution is 6.13. The summed E-state index contributed by atoms with van der Waals surface area (Å²) >= 11 is 0. The van der Waals surface area contributed by atoms with Gasteiger partial charge in [0.15, 0.2) is 0 Å². The quantitative estimate of drug-likeness (QED) is 0.137. The van der Waals surface area contributed by atoms with Crippen LogP contribution in [0, 0.1) is 0 Å². The summed E-state index contributed by atoms with van der Waals surface area (Å²) < 4.78 is 13.6. The molecule has 4 heteroatoms. The van der Waals surface area contributed by atoms with Gasteiger partial charge in [-0.15, -0.1) is 0 Å². The molecule has 4 nitrogen and oxygen atoms in total. The molecule has 19 rings (SSSR count). The molecule has 0 radical (unpaired) electrons. The van der Waals surface area contributed by atoms with Crippen molar-refractivity contribution in [3.8, 4) is 77.9 Å². The van der Waals surface area contributed by atoms with E-state index in [1.807, 2.05) is 0 Å². The van der Waals surface area contributed by atoms with Crippen molar-refractivity contribution < 1.29 is 8.83 Å². The summed E-state index contributed by atoms with van der Waals surface area (Å²) in [6, 6.07) is 112. The van der Waals surface area contributed by atoms with Gasteiger partial charge in [0.2, 0.25) is 0 Å². The van der Waals surface area contributed by atoms with E-state index in [-0.39, 0.29) is 16.2 Å². The smallest absolute Gasteiger partial charge is 0.143 e. The van der Waals surface area contributed by atoms with Crippen molar-refractivity contribution in [3.05, 3.63) is 337 Å². The SMILES string of the molecule is CC1(C)c2ccccc2-c2ccc(N(c3ccc(-c4ccc(-c5ccc(-c6ccc(N(c7ccc(-c8ccccc8)cc7)c7ccc8c(c7)-c7c(ccc9c7oc7ccccc79)C8(C)C)cc6)cc5)cc4)cc3)c3ccc4c(c3)oc3ccc5c(c34)C(C)(C)c3ccccc3-5)cc21. The van der Waals surface area contributed by atoms with Gasteiger partial charge >= 0.3 is 0 Å². The summed E-state index contributed by atoms with van der Waals surface area (Å²) in [6.07, 6.45) is 0. The number of para-hydroxylation sites is 1. The second-order valence-electron chi connectivity index (χ2n) is 28.4. The Labute approximate surface area is 565 Å². The van der Waals surface area contributed by atoms with Crippen LogP contribution in [0.5, 0.6) is 0 Å². The summed E-state index contributed by atoms with van der Waals surface area (Å²) in [6.45, 7) is 14.1. The van der Waals surface area contributed by atoms with Crippen molar-refractivity contribution in [1.82, 2.24) is 0 Å². The lowest BCUT2D eigenvalue weighted by molar-refractivity contribution is 0.653. The molecule has 0 unspecified atom stereocenters. The van der Waals surface area contributed by atoms with Crippen molar-refractivity contribution in [2.75, 3.05) is 9.80 Å². The predicted octanol–water partition coefficient (Wildman–Crippen LogP) is 26.0. The zero-order chi connectivity index (χ0) is 65.1. The Morgan fingerprint density at radius 3 is 1.27 bits per heavy atom. The van der Waals surface area contributed by atoms with Gasteiger partial charge in [0.05, 0.1) is 0 Å². The number of fused-ring (bicyclic) bond motifs is 17. The lowest BCUT2D eigenvalue weighted by atomic mass is 9.80. The van der Waals surface area contributed by atoms with Gasteiger partial charge in [-0.25, -0.2) is 0 Å². The molecule has 0 bridgehead atoms. The van der Waals surface area contributed by atoms with Crippen molar-refractivity contribution in [2.45, 2.75) is 57.8 Å². The van der Waals surface area contributed by atoms with Crippen molar-refractivity contribution >= 4 is 78.0 Å². The lowest BCUT2D eigenvalue weighted by Gasteiger charge is -2.28. The van der Waals surface area contributed by atoms with Gasteiger partial charge in [-0.1, -0.05) is 254 Å². The molecule has 97 heavy (non-hydrogen) atoms. The number of hydrogen-bond acceptors (Lipinski definition) is 4. The van der Waals surface area contributed by atoms with E-state index in [2.05, 4.69) is 355 Å². The zero-order valence-electron chi connectivity index (χ0n) is 55.1. The Hall–Kier alpha value is -11.7. The average molecular weight is 1250 g/mol. The third-order valence-electron chi connectivity index (χ3n) is 21.9. The third-order valence-corrected chi connectivity index (χ3v) is 21.9. The topological polar surface area (TPSA) is 32.8 Å². The van der Waals surface area contributed by atoms with Crippen molar-refractivity contribution in [2.24, 2.45) is 0 Å². The molecule has 0 atom stereocenters. The van der Waals surface area contributed by atoms with E-state index in [9.17, 15) is 0 Å². The highest BCUT2D eigenvalue weighted by atomic mass is 16.3. The molecule has 0 saturated carbocycles. The molecule has 0 amide bonds. The molecule has 2 aromatic heterocycles. The number of hydrogen-bond donors (Lipinski definition) is 0. The summed E-state index contributed by atoms with van der Waals surface area (Å²) in [5, 5.41) is 4.64. The van der Waals surface area contributed by atoms with Crippen LogP contribution >= 0.6 is 0 Å². The summed E-state index contributed by atoms with van der Waals surface area (Å²) in [7, 11) is 0. The van der Waals surface area contributed by atoms with Crippen molar-refractivity contribution in [3.63, 3.8) is 0 Å². The summed E-state index contributed by atoms with van der Waals surface area (Å²) in [4.78, 5) is 4.79. The van der Waals surface area contributed by atoms with E-state index in [4.69, 9.17) is 8.83 Å². The van der Waals surface area contributed by atoms with Crippen LogP contribution in [0.15, 0.2) is 312 Å². The van der Waals surface area contributed by atoms with Crippen LogP contribution < -0.4 is 9.80 Å². The minimum Gasteiger partial charge on any atom is -0.456 e. The summed E-state index contributed by atoms with van der Waals surface area (Å²) in [5.74, 6) is 0. The molecular formula is C93H68N2O2. The standard InChI is InChI=1S/C93H68N2O2/c1-91(2)81-51-46-68(54-78(81)87-82(91)52-49-76-74-20-12-15-23-84(74)97-90(76)87)94(65-38-32-62(33-39-65)57-16-8-7-9-17-57)66-40-34-63(35-41-66)60-28-24-58(25-29-60)59-26-30-61(31-27-59)64-36-42-67(43-37-64)95(69-44-47-73-71-18-10-13-21-79(71)92(3,4)83(73)55-69)70-45-48-77-86(56-70)96-85-53-50-75-72-19-11-14-22-80(72)93(5,6)89(75)88(77)85/h7-56H,1-6H3. The van der Waals surface area contributed by atoms with E-state index in [0.717, 1.165) is 94.9 Å². The maximum atomic E-state index is 6.88. The maximum Gasteiger partial charge on any atom is 0.143 e. The average Bonchev–Trinajstić information content (AvgIpc) is 1.56. The van der Waals surface area contributed by atoms with Gasteiger partial charge in [0.25, 0.3) is 0 Å². The van der Waals surface area contributed by atoms with Crippen LogP contribution in [0.3, 0.4) is 0 Å². The molecule has 0 fully saturated rings. The Kier molecular flexibility index (Phi) is 12.4. The first-order chi connectivity index (χ1) is 47.3. The Morgan fingerprint density at radius 1 is 0.237 bits per heavy atom. The van der Waals surface area contributed by atoms with E-state index in [1.165, 1.54) is 94.4 Å². The first-order valence-electron chi connectivity index (χ1n) is 33.9. The zero-order valence-corrected chi connectivity index (χ0v) is 55.1. The molecule has 14 aromatic carbocycles. The van der Waals surface area contributed by atoms with Crippen molar-refractivity contribution in [1.29, 1.82) is 0 Å². The molecule has 462 valence electrons. The second-order valence-corrected chi connectivity index (χ2v) is 28.4. The molecular weight excluding hydrogens is 1180 g/mol. The third kappa shape index (κ3) is 8.69. The number of nitrogens with zero attached hydrogens (tertiary/aromatic N) is 2. The molecule has 0 spiro atoms. The van der Waals surface area contributed by atoms with Gasteiger partial charge in [0, 0.05) is 83.5 Å². The minimum absolute atomic E-state index is 0.155. The van der Waals surface area contributed by atoms with Crippen LogP contribution in [0.4, 0.5) is 34.1 Å². The van der Waals surface area contributed by atoms with E-state index < -0.39 is 0 Å². The normalized spacial score (nSPS) is 14.1. The van der Waals surface area contributed by atoms with E-state index in [1.54, 1.807) is 0 Å². The lowest BCUT2D eigenvalue weighted by Crippen LogP contribution is -2.16. The molecule has 0 aliphatic heterocycles. The highest BCUT2D eigenvalue weighted by Gasteiger charge is 2.41. The monoisotopic (exact) mass is 1240 g/mol. The van der Waals surface area contributed by atoms with Crippen LogP contribution in [-0.2, 0) is 16.2 Å². The number of furan rings is 2. The van der Waals surface area contributed by atoms with Crippen LogP contribution in [0.2, 0.25) is 0 Å². The molecule has 0 saturated heterocycles. The van der Waals surface area contributed by atoms with E-state index >= 15 is 0 Å². The fourth-order valence-electron chi connectivity index (χ4n) is 16.9. The van der Waals surface area contributed by atoms with Crippen LogP contribution in [-0.4, -0.2) is 0 Å².